The van der Waals surface area contributed by atoms with E-state index in [0.29, 0.717) is 36.0 Å². The topological polar surface area (TPSA) is 56.2 Å². The Kier molecular flexibility index (Phi) is 7.05. The molecule has 0 aliphatic rings. The van der Waals surface area contributed by atoms with E-state index in [4.69, 9.17) is 4.74 Å². The summed E-state index contributed by atoms with van der Waals surface area (Å²) in [5.74, 6) is -1.01. The average Bonchev–Trinajstić information content (AvgIpc) is 3.02. The number of rotatable bonds is 8. The lowest BCUT2D eigenvalue weighted by Gasteiger charge is -2.13. The molecule has 0 fully saturated rings. The number of carbonyl (C=O) groups is 1. The van der Waals surface area contributed by atoms with Gasteiger partial charge in [0.15, 0.2) is 11.6 Å². The summed E-state index contributed by atoms with van der Waals surface area (Å²) in [6.07, 6.45) is 0.620. The predicted octanol–water partition coefficient (Wildman–Crippen LogP) is 5.26. The van der Waals surface area contributed by atoms with Crippen LogP contribution in [0, 0.1) is 31.4 Å². The zero-order valence-corrected chi connectivity index (χ0v) is 18.2. The lowest BCUT2D eigenvalue weighted by molar-refractivity contribution is -0.121. The quantitative estimate of drug-likeness (QED) is 0.533. The highest BCUT2D eigenvalue weighted by Crippen LogP contribution is 2.33. The van der Waals surface area contributed by atoms with Crippen LogP contribution in [-0.4, -0.2) is 22.2 Å². The Morgan fingerprint density at radius 1 is 1.16 bits per heavy atom. The van der Waals surface area contributed by atoms with Gasteiger partial charge in [-0.3, -0.25) is 4.79 Å². The van der Waals surface area contributed by atoms with E-state index >= 15 is 0 Å². The monoisotopic (exact) mass is 427 g/mol. The zero-order valence-electron chi connectivity index (χ0n) is 18.2. The second-order valence-corrected chi connectivity index (χ2v) is 7.99. The molecule has 0 aliphatic carbocycles. The summed E-state index contributed by atoms with van der Waals surface area (Å²) in [5.41, 5.74) is 3.15. The lowest BCUT2D eigenvalue weighted by atomic mass is 10.1. The van der Waals surface area contributed by atoms with E-state index in [1.807, 2.05) is 52.0 Å². The van der Waals surface area contributed by atoms with E-state index in [9.17, 15) is 13.6 Å². The van der Waals surface area contributed by atoms with Gasteiger partial charge < -0.3 is 10.1 Å². The minimum Gasteiger partial charge on any atom is -0.436 e. The first kappa shape index (κ1) is 22.5. The van der Waals surface area contributed by atoms with E-state index in [0.717, 1.165) is 23.4 Å². The molecule has 0 bridgehead atoms. The van der Waals surface area contributed by atoms with Crippen LogP contribution in [0.4, 0.5) is 8.78 Å². The van der Waals surface area contributed by atoms with Crippen LogP contribution in [0.2, 0.25) is 0 Å². The third-order valence-corrected chi connectivity index (χ3v) is 4.79. The molecular weight excluding hydrogens is 400 g/mol. The van der Waals surface area contributed by atoms with Crippen LogP contribution in [-0.2, 0) is 11.2 Å². The molecule has 5 nitrogen and oxygen atoms in total. The molecular formula is C24H27F2N3O2. The number of aryl methyl sites for hydroxylation is 2. The summed E-state index contributed by atoms with van der Waals surface area (Å²) in [6.45, 7) is 8.44. The van der Waals surface area contributed by atoms with Crippen LogP contribution in [0.5, 0.6) is 11.6 Å². The van der Waals surface area contributed by atoms with Crippen LogP contribution in [0.1, 0.15) is 37.1 Å². The van der Waals surface area contributed by atoms with E-state index < -0.39 is 11.6 Å². The lowest BCUT2D eigenvalue weighted by Crippen LogP contribution is -2.27. The Hall–Kier alpha value is -3.22. The van der Waals surface area contributed by atoms with Crippen LogP contribution in [0.3, 0.4) is 0 Å². The van der Waals surface area contributed by atoms with Gasteiger partial charge >= 0.3 is 0 Å². The third-order valence-electron chi connectivity index (χ3n) is 4.79. The van der Waals surface area contributed by atoms with E-state index in [1.165, 1.54) is 6.07 Å². The van der Waals surface area contributed by atoms with E-state index in [1.54, 1.807) is 4.68 Å². The van der Waals surface area contributed by atoms with Gasteiger partial charge in [0.05, 0.1) is 11.4 Å². The first-order chi connectivity index (χ1) is 14.7. The summed E-state index contributed by atoms with van der Waals surface area (Å²) in [6, 6.07) is 10.8. The maximum absolute atomic E-state index is 14.3. The van der Waals surface area contributed by atoms with Crippen molar-refractivity contribution in [1.29, 1.82) is 0 Å². The number of amides is 1. The van der Waals surface area contributed by atoms with Crippen LogP contribution >= 0.6 is 0 Å². The Bertz CT molecular complexity index is 1080. The number of hydrogen-bond donors (Lipinski definition) is 1. The second-order valence-electron chi connectivity index (χ2n) is 7.99. The Morgan fingerprint density at radius 2 is 1.94 bits per heavy atom. The van der Waals surface area contributed by atoms with Gasteiger partial charge in [-0.25, -0.2) is 13.5 Å². The summed E-state index contributed by atoms with van der Waals surface area (Å²) >= 11 is 0. The van der Waals surface area contributed by atoms with Crippen LogP contribution in [0.25, 0.3) is 5.69 Å². The fourth-order valence-electron chi connectivity index (χ4n) is 3.17. The van der Waals surface area contributed by atoms with Crippen molar-refractivity contribution in [3.05, 3.63) is 70.9 Å². The van der Waals surface area contributed by atoms with Crippen molar-refractivity contribution in [1.82, 2.24) is 15.1 Å². The molecule has 0 saturated heterocycles. The highest BCUT2D eigenvalue weighted by atomic mass is 19.1. The number of nitrogens with one attached hydrogen (secondary N) is 1. The summed E-state index contributed by atoms with van der Waals surface area (Å²) < 4.78 is 35.1. The van der Waals surface area contributed by atoms with Gasteiger partial charge in [-0.1, -0.05) is 26.0 Å². The first-order valence-electron chi connectivity index (χ1n) is 10.3. The van der Waals surface area contributed by atoms with Crippen molar-refractivity contribution in [3.8, 4) is 17.3 Å². The highest BCUT2D eigenvalue weighted by Gasteiger charge is 2.21. The summed E-state index contributed by atoms with van der Waals surface area (Å²) in [7, 11) is 0. The maximum Gasteiger partial charge on any atom is 0.226 e. The van der Waals surface area contributed by atoms with Crippen LogP contribution < -0.4 is 10.1 Å². The van der Waals surface area contributed by atoms with E-state index in [2.05, 4.69) is 10.4 Å². The molecule has 164 valence electrons. The smallest absolute Gasteiger partial charge is 0.226 e. The normalized spacial score (nSPS) is 11.1. The van der Waals surface area contributed by atoms with Crippen molar-refractivity contribution in [2.75, 3.05) is 6.54 Å². The molecule has 3 rings (SSSR count). The molecule has 7 heteroatoms. The molecule has 1 aromatic heterocycles. The highest BCUT2D eigenvalue weighted by molar-refractivity contribution is 5.76. The fourth-order valence-corrected chi connectivity index (χ4v) is 3.17. The molecule has 0 aliphatic heterocycles. The summed E-state index contributed by atoms with van der Waals surface area (Å²) in [4.78, 5) is 12.2. The number of hydrogen-bond acceptors (Lipinski definition) is 3. The molecule has 3 aromatic rings. The Balaban J connectivity index is 1.96. The molecule has 1 heterocycles. The van der Waals surface area contributed by atoms with Crippen molar-refractivity contribution >= 4 is 5.91 Å². The number of ether oxygens (including phenoxy) is 1. The maximum atomic E-state index is 14.3. The van der Waals surface area contributed by atoms with Crippen molar-refractivity contribution in [2.45, 2.75) is 40.5 Å². The first-order valence-corrected chi connectivity index (χ1v) is 10.3. The fraction of sp³-hybridized carbons (Fsp3) is 0.333. The SMILES string of the molecule is Cc1cccc(-n2nc(C)c(CCC(=O)NCC(C)C)c2Oc2ccc(F)cc2F)c1. The molecule has 0 radical (unpaired) electrons. The molecule has 0 atom stereocenters. The summed E-state index contributed by atoms with van der Waals surface area (Å²) in [5, 5.41) is 7.47. The molecule has 0 unspecified atom stereocenters. The Morgan fingerprint density at radius 3 is 2.61 bits per heavy atom. The minimum atomic E-state index is -0.810. The average molecular weight is 427 g/mol. The third kappa shape index (κ3) is 5.69. The molecule has 31 heavy (non-hydrogen) atoms. The molecule has 2 aromatic carbocycles. The molecule has 1 amide bonds. The standard InChI is InChI=1S/C24H27F2N3O2/c1-15(2)14-27-23(30)11-9-20-17(4)28-29(19-7-5-6-16(3)12-19)24(20)31-22-10-8-18(25)13-21(22)26/h5-8,10,12-13,15H,9,11,14H2,1-4H3,(H,27,30). The van der Waals surface area contributed by atoms with Gasteiger partial charge in [-0.2, -0.15) is 5.10 Å². The number of carbonyl (C=O) groups excluding carboxylic acids is 1. The minimum absolute atomic E-state index is 0.0738. The number of halogens is 2. The Labute approximate surface area is 181 Å². The van der Waals surface area contributed by atoms with Crippen molar-refractivity contribution in [2.24, 2.45) is 5.92 Å². The molecule has 0 spiro atoms. The van der Waals surface area contributed by atoms with Gasteiger partial charge in [-0.05, 0) is 56.0 Å². The number of benzene rings is 2. The van der Waals surface area contributed by atoms with Gasteiger partial charge in [0.2, 0.25) is 11.8 Å². The van der Waals surface area contributed by atoms with Crippen molar-refractivity contribution in [3.63, 3.8) is 0 Å². The molecule has 0 saturated carbocycles. The molecule has 1 N–H and O–H groups in total. The number of nitrogens with zero attached hydrogens (tertiary/aromatic N) is 2. The number of aromatic nitrogens is 2. The van der Waals surface area contributed by atoms with Gasteiger partial charge in [0, 0.05) is 24.6 Å². The second kappa shape index (κ2) is 9.73. The van der Waals surface area contributed by atoms with Gasteiger partial charge in [0.1, 0.15) is 5.82 Å². The zero-order chi connectivity index (χ0) is 22.5. The largest absolute Gasteiger partial charge is 0.436 e. The van der Waals surface area contributed by atoms with Gasteiger partial charge in [-0.15, -0.1) is 0 Å². The van der Waals surface area contributed by atoms with Gasteiger partial charge in [0.25, 0.3) is 0 Å². The van der Waals surface area contributed by atoms with Crippen molar-refractivity contribution < 1.29 is 18.3 Å². The predicted molar refractivity (Wildman–Crippen MR) is 116 cm³/mol. The van der Waals surface area contributed by atoms with E-state index in [-0.39, 0.29) is 18.1 Å². The van der Waals surface area contributed by atoms with Crippen LogP contribution in [0.15, 0.2) is 42.5 Å².